The van der Waals surface area contributed by atoms with E-state index < -0.39 is 11.9 Å². The lowest BCUT2D eigenvalue weighted by atomic mass is 10.3. The van der Waals surface area contributed by atoms with Crippen LogP contribution in [0.25, 0.3) is 0 Å². The summed E-state index contributed by atoms with van der Waals surface area (Å²) in [4.78, 5) is 32.6. The number of ether oxygens (including phenoxy) is 3. The lowest BCUT2D eigenvalue weighted by Gasteiger charge is -2.08. The monoisotopic (exact) mass is 503 g/mol. The second-order valence-corrected chi connectivity index (χ2v) is 7.20. The summed E-state index contributed by atoms with van der Waals surface area (Å²) >= 11 is 0. The van der Waals surface area contributed by atoms with E-state index in [1.807, 2.05) is 27.7 Å². The minimum absolute atomic E-state index is 0.175. The molecule has 0 spiro atoms. The van der Waals surface area contributed by atoms with Crippen molar-refractivity contribution in [1.29, 1.82) is 5.26 Å². The number of methoxy groups -OCH3 is 3. The molecule has 13 heteroatoms. The third-order valence-electron chi connectivity index (χ3n) is 3.99. The van der Waals surface area contributed by atoms with Gasteiger partial charge < -0.3 is 14.2 Å². The van der Waals surface area contributed by atoms with Crippen molar-refractivity contribution in [3.8, 4) is 6.07 Å². The van der Waals surface area contributed by atoms with Crippen LogP contribution in [-0.2, 0) is 14.2 Å². The molecule has 3 heterocycles. The molecule has 0 saturated heterocycles. The van der Waals surface area contributed by atoms with Crippen molar-refractivity contribution in [2.75, 3.05) is 21.3 Å². The highest BCUT2D eigenvalue weighted by Gasteiger charge is 2.13. The Kier molecular flexibility index (Phi) is 14.9. The quantitative estimate of drug-likeness (QED) is 0.403. The molecule has 3 aromatic rings. The first-order valence-corrected chi connectivity index (χ1v) is 10.7. The number of nitrogens with one attached hydrogen (secondary N) is 1. The zero-order valence-corrected chi connectivity index (χ0v) is 21.8. The number of H-pyrrole nitrogens is 1. The standard InChI is InChI=1S/2C8H12N2O2.C5H6N2O2.C2H3N/c1-6(2)10-5-4-7(9-10)8(11)12-3;1-6(2)10-7(4-5-9-10)8(11)12-3;1-9-5(8)4-2-3-6-7-4;1-2-3/h2*4-6H,1-3H3;2-3H,1H3,(H,6,7);1H3. The molecular weight excluding hydrogens is 470 g/mol. The summed E-state index contributed by atoms with van der Waals surface area (Å²) in [6, 6.07) is 7.03. The van der Waals surface area contributed by atoms with Gasteiger partial charge in [0.05, 0.1) is 27.4 Å². The van der Waals surface area contributed by atoms with Crippen LogP contribution in [-0.4, -0.2) is 69.0 Å². The van der Waals surface area contributed by atoms with E-state index in [2.05, 4.69) is 34.6 Å². The average Bonchev–Trinajstić information content (AvgIpc) is 3.65. The van der Waals surface area contributed by atoms with Crippen LogP contribution in [0.5, 0.6) is 0 Å². The molecule has 0 amide bonds. The van der Waals surface area contributed by atoms with Crippen LogP contribution in [0, 0.1) is 11.3 Å². The SMILES string of the molecule is CC#N.COC(=O)c1ccn(C(C)C)n1.COC(=O)c1ccn[nH]1.COC(=O)c1ccnn1C(C)C. The topological polar surface area (TPSA) is 167 Å². The Hall–Kier alpha value is -4.47. The number of hydrogen-bond donors (Lipinski definition) is 1. The van der Waals surface area contributed by atoms with Crippen LogP contribution in [0.15, 0.2) is 36.8 Å². The number of aromatic nitrogens is 6. The summed E-state index contributed by atoms with van der Waals surface area (Å²) in [6.07, 6.45) is 4.84. The molecule has 0 aliphatic carbocycles. The van der Waals surface area contributed by atoms with E-state index in [9.17, 15) is 14.4 Å². The predicted molar refractivity (Wildman–Crippen MR) is 129 cm³/mol. The summed E-state index contributed by atoms with van der Waals surface area (Å²) in [6.45, 7) is 9.33. The number of esters is 3. The third kappa shape index (κ3) is 10.6. The van der Waals surface area contributed by atoms with Gasteiger partial charge in [-0.15, -0.1) is 0 Å². The Labute approximate surface area is 210 Å². The van der Waals surface area contributed by atoms with Gasteiger partial charge in [0.25, 0.3) is 0 Å². The molecule has 0 unspecified atom stereocenters. The number of aromatic amines is 1. The van der Waals surface area contributed by atoms with E-state index in [4.69, 9.17) is 5.26 Å². The molecule has 3 aromatic heterocycles. The van der Waals surface area contributed by atoms with Crippen molar-refractivity contribution in [2.45, 2.75) is 46.7 Å². The molecule has 196 valence electrons. The van der Waals surface area contributed by atoms with Crippen molar-refractivity contribution >= 4 is 17.9 Å². The van der Waals surface area contributed by atoms with Crippen LogP contribution in [0.1, 0.15) is 78.2 Å². The fourth-order valence-electron chi connectivity index (χ4n) is 2.31. The maximum Gasteiger partial charge on any atom is 0.358 e. The van der Waals surface area contributed by atoms with Gasteiger partial charge in [-0.2, -0.15) is 20.6 Å². The van der Waals surface area contributed by atoms with Gasteiger partial charge >= 0.3 is 17.9 Å². The van der Waals surface area contributed by atoms with Crippen molar-refractivity contribution in [3.63, 3.8) is 0 Å². The highest BCUT2D eigenvalue weighted by molar-refractivity contribution is 5.87. The first-order chi connectivity index (χ1) is 17.1. The predicted octanol–water partition coefficient (Wildman–Crippen LogP) is 3.23. The van der Waals surface area contributed by atoms with E-state index in [-0.39, 0.29) is 18.1 Å². The second kappa shape index (κ2) is 17.0. The molecule has 0 aliphatic heterocycles. The summed E-state index contributed by atoms with van der Waals surface area (Å²) in [5, 5.41) is 21.4. The molecular formula is C23H33N7O6. The van der Waals surface area contributed by atoms with E-state index in [0.717, 1.165) is 0 Å². The van der Waals surface area contributed by atoms with Crippen LogP contribution < -0.4 is 0 Å². The first kappa shape index (κ1) is 31.5. The lowest BCUT2D eigenvalue weighted by Crippen LogP contribution is -2.13. The summed E-state index contributed by atoms with van der Waals surface area (Å²) in [5.74, 6) is -1.14. The Morgan fingerprint density at radius 2 is 1.50 bits per heavy atom. The van der Waals surface area contributed by atoms with Gasteiger partial charge in [-0.25, -0.2) is 14.4 Å². The number of rotatable bonds is 5. The number of carbonyl (C=O) groups is 3. The van der Waals surface area contributed by atoms with Crippen molar-refractivity contribution in [2.24, 2.45) is 0 Å². The summed E-state index contributed by atoms with van der Waals surface area (Å²) in [5.41, 5.74) is 1.22. The summed E-state index contributed by atoms with van der Waals surface area (Å²) in [7, 11) is 4.03. The van der Waals surface area contributed by atoms with Crippen molar-refractivity contribution in [1.82, 2.24) is 29.8 Å². The van der Waals surface area contributed by atoms with Gasteiger partial charge in [0, 0.05) is 37.6 Å². The van der Waals surface area contributed by atoms with Gasteiger partial charge in [-0.1, -0.05) is 0 Å². The fraction of sp³-hybridized carbons (Fsp3) is 0.435. The second-order valence-electron chi connectivity index (χ2n) is 7.20. The van der Waals surface area contributed by atoms with E-state index in [0.29, 0.717) is 17.1 Å². The molecule has 0 atom stereocenters. The zero-order chi connectivity index (χ0) is 27.7. The molecule has 3 rings (SSSR count). The molecule has 36 heavy (non-hydrogen) atoms. The molecule has 0 aromatic carbocycles. The normalized spacial score (nSPS) is 9.36. The smallest absolute Gasteiger partial charge is 0.358 e. The Bertz CT molecular complexity index is 1090. The lowest BCUT2D eigenvalue weighted by molar-refractivity contribution is 0.0578. The Morgan fingerprint density at radius 3 is 1.92 bits per heavy atom. The molecule has 13 nitrogen and oxygen atoms in total. The van der Waals surface area contributed by atoms with E-state index in [1.54, 1.807) is 46.0 Å². The van der Waals surface area contributed by atoms with Gasteiger partial charge in [-0.05, 0) is 45.9 Å². The molecule has 0 saturated carbocycles. The highest BCUT2D eigenvalue weighted by atomic mass is 16.5. The van der Waals surface area contributed by atoms with Crippen LogP contribution in [0.3, 0.4) is 0 Å². The van der Waals surface area contributed by atoms with Gasteiger partial charge in [0.1, 0.15) is 11.4 Å². The fourth-order valence-corrected chi connectivity index (χ4v) is 2.31. The molecule has 1 N–H and O–H groups in total. The maximum atomic E-state index is 11.1. The van der Waals surface area contributed by atoms with Crippen molar-refractivity contribution < 1.29 is 28.6 Å². The average molecular weight is 504 g/mol. The first-order valence-electron chi connectivity index (χ1n) is 10.7. The molecule has 0 bridgehead atoms. The van der Waals surface area contributed by atoms with Crippen LogP contribution in [0.4, 0.5) is 0 Å². The van der Waals surface area contributed by atoms with Crippen LogP contribution >= 0.6 is 0 Å². The van der Waals surface area contributed by atoms with E-state index >= 15 is 0 Å². The molecule has 0 radical (unpaired) electrons. The number of nitrogens with zero attached hydrogens (tertiary/aromatic N) is 6. The minimum Gasteiger partial charge on any atom is -0.464 e. The Balaban J connectivity index is 0.000000488. The van der Waals surface area contributed by atoms with Gasteiger partial charge in [-0.3, -0.25) is 14.5 Å². The summed E-state index contributed by atoms with van der Waals surface area (Å²) < 4.78 is 16.8. The van der Waals surface area contributed by atoms with Gasteiger partial charge in [0.2, 0.25) is 0 Å². The van der Waals surface area contributed by atoms with Crippen LogP contribution in [0.2, 0.25) is 0 Å². The minimum atomic E-state index is -0.396. The van der Waals surface area contributed by atoms with E-state index in [1.165, 1.54) is 34.4 Å². The number of hydrogen-bond acceptors (Lipinski definition) is 10. The third-order valence-corrected chi connectivity index (χ3v) is 3.99. The Morgan fingerprint density at radius 1 is 0.917 bits per heavy atom. The molecule has 0 aliphatic rings. The van der Waals surface area contributed by atoms with Crippen molar-refractivity contribution in [3.05, 3.63) is 53.9 Å². The van der Waals surface area contributed by atoms with Gasteiger partial charge in [0.15, 0.2) is 5.69 Å². The number of nitriles is 1. The largest absolute Gasteiger partial charge is 0.464 e. The highest BCUT2D eigenvalue weighted by Crippen LogP contribution is 2.08. The molecule has 0 fully saturated rings. The number of carbonyl (C=O) groups excluding carboxylic acids is 3. The zero-order valence-electron chi connectivity index (χ0n) is 21.8. The maximum absolute atomic E-state index is 11.1.